The fourth-order valence-corrected chi connectivity index (χ4v) is 2.07. The molecule has 0 amide bonds. The smallest absolute Gasteiger partial charge is 0.322 e. The Morgan fingerprint density at radius 1 is 1.29 bits per heavy atom. The number of nitrogens with two attached hydrogens (primary N) is 1. The lowest BCUT2D eigenvalue weighted by Gasteiger charge is -2.10. The van der Waals surface area contributed by atoms with Crippen molar-refractivity contribution in [3.05, 3.63) is 53.9 Å². The zero-order valence-corrected chi connectivity index (χ0v) is 11.8. The van der Waals surface area contributed by atoms with Crippen LogP contribution >= 0.6 is 0 Å². The normalized spacial score (nSPS) is 12.0. The molecule has 0 aliphatic carbocycles. The van der Waals surface area contributed by atoms with Crippen LogP contribution in [0.15, 0.2) is 42.6 Å². The van der Waals surface area contributed by atoms with Crippen LogP contribution in [0.1, 0.15) is 11.3 Å². The summed E-state index contributed by atoms with van der Waals surface area (Å²) in [6.07, 6.45) is 2.10. The zero-order chi connectivity index (χ0) is 15.2. The molecule has 0 radical (unpaired) electrons. The first kappa shape index (κ1) is 15.2. The van der Waals surface area contributed by atoms with E-state index in [1.54, 1.807) is 6.20 Å². The summed E-state index contributed by atoms with van der Waals surface area (Å²) in [6.45, 7) is -0.0834. The van der Waals surface area contributed by atoms with Crippen LogP contribution in [0.5, 0.6) is 0 Å². The number of hydrogen-bond acceptors (Lipinski definition) is 5. The van der Waals surface area contributed by atoms with Gasteiger partial charge in [-0.1, -0.05) is 24.3 Å². The number of esters is 1. The van der Waals surface area contributed by atoms with Gasteiger partial charge in [-0.3, -0.25) is 9.78 Å². The Hall–Kier alpha value is -2.24. The molecule has 0 saturated heterocycles. The largest absolute Gasteiger partial charge is 0.468 e. The number of methoxy groups -OCH3 is 1. The highest BCUT2D eigenvalue weighted by Crippen LogP contribution is 2.20. The van der Waals surface area contributed by atoms with Crippen molar-refractivity contribution < 1.29 is 14.6 Å². The van der Waals surface area contributed by atoms with Crippen LogP contribution in [0.2, 0.25) is 0 Å². The number of hydrogen-bond donors (Lipinski definition) is 2. The Morgan fingerprint density at radius 3 is 2.62 bits per heavy atom. The number of carbonyl (C=O) groups is 1. The van der Waals surface area contributed by atoms with E-state index in [0.717, 1.165) is 16.7 Å². The average molecular weight is 286 g/mol. The summed E-state index contributed by atoms with van der Waals surface area (Å²) in [5.41, 5.74) is 9.33. The molecule has 1 aromatic carbocycles. The third kappa shape index (κ3) is 3.87. The standard InChI is InChI=1S/C16H18N2O3/c1-21-16(20)15(17)8-11-2-4-12(5-3-11)13-6-7-18-14(9-13)10-19/h2-7,9,15,19H,8,10,17H2,1H3. The number of pyridine rings is 1. The molecule has 0 fully saturated rings. The van der Waals surface area contributed by atoms with Gasteiger partial charge in [-0.2, -0.15) is 0 Å². The second-order valence-electron chi connectivity index (χ2n) is 4.72. The Morgan fingerprint density at radius 2 is 2.00 bits per heavy atom. The van der Waals surface area contributed by atoms with Crippen molar-refractivity contribution in [2.24, 2.45) is 5.73 Å². The SMILES string of the molecule is COC(=O)C(N)Cc1ccc(-c2ccnc(CO)c2)cc1. The summed E-state index contributed by atoms with van der Waals surface area (Å²) in [7, 11) is 1.33. The van der Waals surface area contributed by atoms with Gasteiger partial charge in [-0.15, -0.1) is 0 Å². The molecule has 1 unspecified atom stereocenters. The van der Waals surface area contributed by atoms with Gasteiger partial charge in [0.05, 0.1) is 19.4 Å². The van der Waals surface area contributed by atoms with E-state index in [9.17, 15) is 4.79 Å². The number of aliphatic hydroxyl groups excluding tert-OH is 1. The Balaban J connectivity index is 2.13. The monoisotopic (exact) mass is 286 g/mol. The van der Waals surface area contributed by atoms with E-state index in [1.165, 1.54) is 7.11 Å². The van der Waals surface area contributed by atoms with E-state index in [2.05, 4.69) is 9.72 Å². The molecule has 21 heavy (non-hydrogen) atoms. The minimum atomic E-state index is -0.650. The quantitative estimate of drug-likeness (QED) is 0.809. The second kappa shape index (κ2) is 6.97. The summed E-state index contributed by atoms with van der Waals surface area (Å²) in [5, 5.41) is 9.11. The zero-order valence-electron chi connectivity index (χ0n) is 11.8. The van der Waals surface area contributed by atoms with Gasteiger partial charge < -0.3 is 15.6 Å². The van der Waals surface area contributed by atoms with Gasteiger partial charge >= 0.3 is 5.97 Å². The highest BCUT2D eigenvalue weighted by atomic mass is 16.5. The summed E-state index contributed by atoms with van der Waals surface area (Å²) in [4.78, 5) is 15.3. The lowest BCUT2D eigenvalue weighted by molar-refractivity contribution is -0.142. The minimum absolute atomic E-state index is 0.0834. The predicted octanol–water partition coefficient (Wildman–Crippen LogP) is 1.28. The molecule has 2 rings (SSSR count). The number of aromatic nitrogens is 1. The molecule has 0 aliphatic heterocycles. The number of aliphatic hydroxyl groups is 1. The van der Waals surface area contributed by atoms with E-state index in [4.69, 9.17) is 10.8 Å². The molecule has 0 aliphatic rings. The van der Waals surface area contributed by atoms with E-state index in [1.807, 2.05) is 36.4 Å². The number of carbonyl (C=O) groups excluding carboxylic acids is 1. The van der Waals surface area contributed by atoms with Crippen molar-refractivity contribution in [2.75, 3.05) is 7.11 Å². The van der Waals surface area contributed by atoms with Crippen molar-refractivity contribution in [2.45, 2.75) is 19.1 Å². The molecular formula is C16H18N2O3. The van der Waals surface area contributed by atoms with Gasteiger partial charge in [-0.25, -0.2) is 0 Å². The maximum atomic E-state index is 11.3. The molecule has 3 N–H and O–H groups in total. The number of rotatable bonds is 5. The van der Waals surface area contributed by atoms with Gasteiger partial charge in [0.15, 0.2) is 0 Å². The van der Waals surface area contributed by atoms with Gasteiger partial charge in [0, 0.05) is 6.20 Å². The third-order valence-corrected chi connectivity index (χ3v) is 3.23. The molecular weight excluding hydrogens is 268 g/mol. The minimum Gasteiger partial charge on any atom is -0.468 e. The molecule has 0 bridgehead atoms. The lowest BCUT2D eigenvalue weighted by atomic mass is 10.0. The molecule has 0 saturated carbocycles. The van der Waals surface area contributed by atoms with Crippen molar-refractivity contribution >= 4 is 5.97 Å². The first-order valence-electron chi connectivity index (χ1n) is 6.62. The Labute approximate surface area is 123 Å². The van der Waals surface area contributed by atoms with Crippen molar-refractivity contribution in [1.29, 1.82) is 0 Å². The summed E-state index contributed by atoms with van der Waals surface area (Å²) in [6, 6.07) is 10.8. The predicted molar refractivity (Wildman–Crippen MR) is 79.3 cm³/mol. The third-order valence-electron chi connectivity index (χ3n) is 3.23. The van der Waals surface area contributed by atoms with Crippen LogP contribution in [-0.2, 0) is 22.6 Å². The summed E-state index contributed by atoms with van der Waals surface area (Å²) >= 11 is 0. The van der Waals surface area contributed by atoms with Crippen LogP contribution < -0.4 is 5.73 Å². The average Bonchev–Trinajstić information content (AvgIpc) is 2.54. The first-order valence-corrected chi connectivity index (χ1v) is 6.62. The van der Waals surface area contributed by atoms with Gasteiger partial charge in [-0.05, 0) is 35.2 Å². The second-order valence-corrected chi connectivity index (χ2v) is 4.72. The fourth-order valence-electron chi connectivity index (χ4n) is 2.07. The van der Waals surface area contributed by atoms with E-state index in [-0.39, 0.29) is 6.61 Å². The molecule has 1 atom stereocenters. The molecule has 5 heteroatoms. The summed E-state index contributed by atoms with van der Waals surface area (Å²) < 4.78 is 4.61. The van der Waals surface area contributed by atoms with E-state index < -0.39 is 12.0 Å². The lowest BCUT2D eigenvalue weighted by Crippen LogP contribution is -2.33. The topological polar surface area (TPSA) is 85.4 Å². The van der Waals surface area contributed by atoms with Crippen molar-refractivity contribution in [3.8, 4) is 11.1 Å². The maximum absolute atomic E-state index is 11.3. The highest BCUT2D eigenvalue weighted by molar-refractivity contribution is 5.75. The first-order chi connectivity index (χ1) is 10.1. The summed E-state index contributed by atoms with van der Waals surface area (Å²) in [5.74, 6) is -0.416. The molecule has 5 nitrogen and oxygen atoms in total. The molecule has 110 valence electrons. The van der Waals surface area contributed by atoms with Gasteiger partial charge in [0.25, 0.3) is 0 Å². The van der Waals surface area contributed by atoms with Gasteiger partial charge in [0.2, 0.25) is 0 Å². The maximum Gasteiger partial charge on any atom is 0.322 e. The van der Waals surface area contributed by atoms with Crippen LogP contribution in [0.3, 0.4) is 0 Å². The van der Waals surface area contributed by atoms with Crippen LogP contribution in [0.4, 0.5) is 0 Å². The molecule has 1 heterocycles. The Kier molecular flexibility index (Phi) is 5.03. The molecule has 2 aromatic rings. The van der Waals surface area contributed by atoms with Crippen molar-refractivity contribution in [3.63, 3.8) is 0 Å². The van der Waals surface area contributed by atoms with Crippen LogP contribution in [-0.4, -0.2) is 29.2 Å². The molecule has 0 spiro atoms. The van der Waals surface area contributed by atoms with Crippen LogP contribution in [0.25, 0.3) is 11.1 Å². The number of nitrogens with zero attached hydrogens (tertiary/aromatic N) is 1. The number of benzene rings is 1. The van der Waals surface area contributed by atoms with E-state index in [0.29, 0.717) is 12.1 Å². The fraction of sp³-hybridized carbons (Fsp3) is 0.250. The highest BCUT2D eigenvalue weighted by Gasteiger charge is 2.14. The molecule has 1 aromatic heterocycles. The Bertz CT molecular complexity index is 611. The van der Waals surface area contributed by atoms with E-state index >= 15 is 0 Å². The van der Waals surface area contributed by atoms with Crippen molar-refractivity contribution in [1.82, 2.24) is 4.98 Å². The van der Waals surface area contributed by atoms with Gasteiger partial charge in [0.1, 0.15) is 6.04 Å². The van der Waals surface area contributed by atoms with Crippen LogP contribution in [0, 0.1) is 0 Å². The number of ether oxygens (including phenoxy) is 1.